The molecule has 4 aromatic rings. The highest BCUT2D eigenvalue weighted by atomic mass is 32.2. The first-order chi connectivity index (χ1) is 21.3. The molecule has 3 aromatic carbocycles. The van der Waals surface area contributed by atoms with E-state index in [1.54, 1.807) is 12.1 Å². The van der Waals surface area contributed by atoms with Gasteiger partial charge in [0.05, 0.1) is 29.1 Å². The molecule has 1 saturated heterocycles. The number of benzene rings is 3. The van der Waals surface area contributed by atoms with E-state index in [1.165, 1.54) is 18.2 Å². The molecule has 0 bridgehead atoms. The lowest BCUT2D eigenvalue weighted by Crippen LogP contribution is -2.24. The van der Waals surface area contributed by atoms with Crippen molar-refractivity contribution in [3.8, 4) is 35.1 Å². The first-order valence-electron chi connectivity index (χ1n) is 13.7. The SMILES string of the molecule is CN1CCNC1c1ccccc1Oc1nc(Oc2cc(C#N)ccc2OCc2ccccc2)c(F)c(SCCC(=O)O)c1F. The lowest BCUT2D eigenvalue weighted by molar-refractivity contribution is -0.136. The Balaban J connectivity index is 1.52. The number of nitriles is 1. The average molecular weight is 619 g/mol. The normalized spacial score (nSPS) is 14.6. The number of pyridine rings is 1. The highest BCUT2D eigenvalue weighted by Crippen LogP contribution is 2.41. The van der Waals surface area contributed by atoms with Crippen molar-refractivity contribution in [3.05, 3.63) is 101 Å². The molecule has 1 aliphatic heterocycles. The molecular weight excluding hydrogens is 590 g/mol. The number of nitrogens with one attached hydrogen (secondary N) is 1. The minimum absolute atomic E-state index is 0.0254. The van der Waals surface area contributed by atoms with Gasteiger partial charge in [-0.1, -0.05) is 48.5 Å². The molecule has 2 heterocycles. The maximum Gasteiger partial charge on any atom is 0.304 e. The first-order valence-corrected chi connectivity index (χ1v) is 14.6. The van der Waals surface area contributed by atoms with Crippen molar-refractivity contribution >= 4 is 17.7 Å². The summed E-state index contributed by atoms with van der Waals surface area (Å²) in [6.45, 7) is 1.70. The molecule has 2 N–H and O–H groups in total. The zero-order chi connectivity index (χ0) is 31.1. The Morgan fingerprint density at radius 3 is 2.43 bits per heavy atom. The number of nitrogens with zero attached hydrogens (tertiary/aromatic N) is 3. The second kappa shape index (κ2) is 14.2. The summed E-state index contributed by atoms with van der Waals surface area (Å²) in [5.41, 5.74) is 1.80. The van der Waals surface area contributed by atoms with Gasteiger partial charge in [-0.3, -0.25) is 15.0 Å². The quantitative estimate of drug-likeness (QED) is 0.171. The summed E-state index contributed by atoms with van der Waals surface area (Å²) < 4.78 is 49.4. The summed E-state index contributed by atoms with van der Waals surface area (Å²) in [6.07, 6.45) is -0.532. The van der Waals surface area contributed by atoms with E-state index >= 15 is 8.78 Å². The number of aromatic nitrogens is 1. The Morgan fingerprint density at radius 2 is 1.75 bits per heavy atom. The lowest BCUT2D eigenvalue weighted by Gasteiger charge is -2.22. The van der Waals surface area contributed by atoms with Crippen LogP contribution in [0.25, 0.3) is 0 Å². The summed E-state index contributed by atoms with van der Waals surface area (Å²) in [7, 11) is 1.94. The minimum atomic E-state index is -1.15. The van der Waals surface area contributed by atoms with Crippen LogP contribution in [0.15, 0.2) is 77.7 Å². The Morgan fingerprint density at radius 1 is 1.05 bits per heavy atom. The molecule has 0 spiro atoms. The fourth-order valence-electron chi connectivity index (χ4n) is 4.51. The number of hydrogen-bond donors (Lipinski definition) is 2. The van der Waals surface area contributed by atoms with Crippen molar-refractivity contribution in [2.24, 2.45) is 0 Å². The predicted octanol–water partition coefficient (Wildman–Crippen LogP) is 6.50. The number of rotatable bonds is 12. The fourth-order valence-corrected chi connectivity index (χ4v) is 5.42. The third kappa shape index (κ3) is 7.26. The van der Waals surface area contributed by atoms with E-state index in [2.05, 4.69) is 15.2 Å². The number of hydrogen-bond acceptors (Lipinski definition) is 9. The molecule has 226 valence electrons. The van der Waals surface area contributed by atoms with Gasteiger partial charge in [0.1, 0.15) is 12.4 Å². The Bertz CT molecular complexity index is 1690. The maximum atomic E-state index is 15.8. The van der Waals surface area contributed by atoms with Crippen LogP contribution in [0.4, 0.5) is 8.78 Å². The minimum Gasteiger partial charge on any atom is -0.485 e. The molecule has 1 aliphatic rings. The summed E-state index contributed by atoms with van der Waals surface area (Å²) in [5.74, 6) is -4.20. The Kier molecular flexibility index (Phi) is 9.91. The zero-order valence-corrected chi connectivity index (χ0v) is 24.4. The van der Waals surface area contributed by atoms with Crippen LogP contribution in [0.5, 0.6) is 29.0 Å². The number of carboxylic acids is 1. The topological polar surface area (TPSA) is 117 Å². The van der Waals surface area contributed by atoms with Gasteiger partial charge in [0, 0.05) is 30.5 Å². The molecule has 1 atom stereocenters. The lowest BCUT2D eigenvalue weighted by atomic mass is 10.1. The van der Waals surface area contributed by atoms with Gasteiger partial charge in [-0.05, 0) is 30.8 Å². The molecular formula is C32H28F2N4O5S. The molecule has 0 saturated carbocycles. The van der Waals surface area contributed by atoms with Gasteiger partial charge in [-0.15, -0.1) is 11.8 Å². The van der Waals surface area contributed by atoms with E-state index in [1.807, 2.05) is 55.6 Å². The van der Waals surface area contributed by atoms with Gasteiger partial charge < -0.3 is 19.3 Å². The zero-order valence-electron chi connectivity index (χ0n) is 23.6. The van der Waals surface area contributed by atoms with Crippen molar-refractivity contribution in [1.82, 2.24) is 15.2 Å². The van der Waals surface area contributed by atoms with Crippen LogP contribution in [0, 0.1) is 23.0 Å². The maximum absolute atomic E-state index is 15.8. The highest BCUT2D eigenvalue weighted by molar-refractivity contribution is 7.99. The van der Waals surface area contributed by atoms with Crippen LogP contribution in [0.3, 0.4) is 0 Å². The summed E-state index contributed by atoms with van der Waals surface area (Å²) in [6, 6.07) is 22.8. The van der Waals surface area contributed by atoms with Gasteiger partial charge >= 0.3 is 5.97 Å². The fraction of sp³-hybridized carbons (Fsp3) is 0.219. The number of halogens is 2. The van der Waals surface area contributed by atoms with Crippen molar-refractivity contribution in [2.45, 2.75) is 24.1 Å². The Hall–Kier alpha value is -4.70. The number of likely N-dealkylation sites (N-methyl/N-ethyl adjacent to an activating group) is 1. The highest BCUT2D eigenvalue weighted by Gasteiger charge is 2.28. The molecule has 44 heavy (non-hydrogen) atoms. The number of ether oxygens (including phenoxy) is 3. The first kappa shape index (κ1) is 30.7. The third-order valence-electron chi connectivity index (χ3n) is 6.72. The number of aliphatic carboxylic acids is 1. The molecule has 0 amide bonds. The molecule has 1 unspecified atom stereocenters. The third-order valence-corrected chi connectivity index (χ3v) is 7.77. The number of carbonyl (C=O) groups is 1. The largest absolute Gasteiger partial charge is 0.485 e. The van der Waals surface area contributed by atoms with Gasteiger partial charge in [-0.2, -0.15) is 19.0 Å². The van der Waals surface area contributed by atoms with Crippen LogP contribution in [0.2, 0.25) is 0 Å². The molecule has 1 aromatic heterocycles. The van der Waals surface area contributed by atoms with E-state index in [0.717, 1.165) is 24.2 Å². The van der Waals surface area contributed by atoms with Gasteiger partial charge in [-0.25, -0.2) is 0 Å². The second-order valence-corrected chi connectivity index (χ2v) is 10.9. The molecule has 0 aliphatic carbocycles. The summed E-state index contributed by atoms with van der Waals surface area (Å²) in [4.78, 5) is 16.7. The van der Waals surface area contributed by atoms with Crippen LogP contribution < -0.4 is 19.5 Å². The predicted molar refractivity (Wildman–Crippen MR) is 159 cm³/mol. The van der Waals surface area contributed by atoms with Crippen LogP contribution in [0.1, 0.15) is 29.3 Å². The van der Waals surface area contributed by atoms with Crippen LogP contribution in [-0.4, -0.2) is 46.8 Å². The monoisotopic (exact) mass is 618 g/mol. The van der Waals surface area contributed by atoms with Gasteiger partial charge in [0.2, 0.25) is 11.6 Å². The van der Waals surface area contributed by atoms with E-state index in [4.69, 9.17) is 19.3 Å². The molecule has 12 heteroatoms. The van der Waals surface area contributed by atoms with Crippen LogP contribution >= 0.6 is 11.8 Å². The van der Waals surface area contributed by atoms with E-state index in [-0.39, 0.29) is 42.0 Å². The number of para-hydroxylation sites is 1. The summed E-state index contributed by atoms with van der Waals surface area (Å²) in [5, 5.41) is 21.9. The Labute approximate surface area is 257 Å². The van der Waals surface area contributed by atoms with E-state index < -0.39 is 34.3 Å². The average Bonchev–Trinajstić information content (AvgIpc) is 3.46. The molecule has 9 nitrogen and oxygen atoms in total. The molecule has 0 radical (unpaired) electrons. The van der Waals surface area contributed by atoms with Crippen molar-refractivity contribution in [1.29, 1.82) is 5.26 Å². The van der Waals surface area contributed by atoms with E-state index in [0.29, 0.717) is 17.5 Å². The van der Waals surface area contributed by atoms with Crippen molar-refractivity contribution in [3.63, 3.8) is 0 Å². The second-order valence-electron chi connectivity index (χ2n) is 9.80. The number of thioether (sulfide) groups is 1. The summed E-state index contributed by atoms with van der Waals surface area (Å²) >= 11 is 0.666. The smallest absolute Gasteiger partial charge is 0.304 e. The van der Waals surface area contributed by atoms with Gasteiger partial charge in [0.25, 0.3) is 11.8 Å². The molecule has 1 fully saturated rings. The van der Waals surface area contributed by atoms with Crippen molar-refractivity contribution in [2.75, 3.05) is 25.9 Å². The van der Waals surface area contributed by atoms with Gasteiger partial charge in [0.15, 0.2) is 11.5 Å². The number of carboxylic acid groups (broad SMARTS) is 1. The van der Waals surface area contributed by atoms with Crippen molar-refractivity contribution < 1.29 is 32.9 Å². The molecule has 5 rings (SSSR count). The van der Waals surface area contributed by atoms with E-state index in [9.17, 15) is 10.1 Å². The van der Waals surface area contributed by atoms with Crippen LogP contribution in [-0.2, 0) is 11.4 Å². The standard InChI is InChI=1S/C32H28F2N4O5S/c1-38-15-14-36-30(38)22-9-5-6-10-23(22)42-31-27(33)29(44-16-13-26(39)40)28(34)32(37-31)43-25-17-21(18-35)11-12-24(25)41-19-20-7-3-2-4-8-20/h2-12,17,30,36H,13-16,19H2,1H3,(H,39,40).